The van der Waals surface area contributed by atoms with E-state index in [9.17, 15) is 35.9 Å². The summed E-state index contributed by atoms with van der Waals surface area (Å²) >= 11 is 5.92. The minimum atomic E-state index is -5.08. The Hall–Kier alpha value is -3.83. The first kappa shape index (κ1) is 29.7. The van der Waals surface area contributed by atoms with E-state index in [1.165, 1.54) is 4.90 Å². The molecule has 1 atom stereocenters. The smallest absolute Gasteiger partial charge is 0.361 e. The van der Waals surface area contributed by atoms with E-state index >= 15 is 0 Å². The quantitative estimate of drug-likeness (QED) is 0.188. The first-order valence-corrected chi connectivity index (χ1v) is 13.3. The zero-order chi connectivity index (χ0) is 30.2. The fraction of sp³-hybridized carbons (Fsp3) is 0.267. The highest BCUT2D eigenvalue weighted by Gasteiger charge is 2.39. The Bertz CT molecular complexity index is 1580. The van der Waals surface area contributed by atoms with Gasteiger partial charge in [0.2, 0.25) is 0 Å². The molecule has 0 aliphatic carbocycles. The molecule has 5 rings (SSSR count). The van der Waals surface area contributed by atoms with E-state index in [1.807, 2.05) is 29.2 Å². The molecule has 1 N–H and O–H groups in total. The van der Waals surface area contributed by atoms with Gasteiger partial charge in [0, 0.05) is 58.9 Å². The normalized spacial score (nSPS) is 16.6. The highest BCUT2D eigenvalue weighted by molar-refractivity contribution is 6.30. The molecule has 0 saturated carbocycles. The maximum Gasteiger partial charge on any atom is 0.416 e. The molecule has 1 aliphatic heterocycles. The van der Waals surface area contributed by atoms with Crippen molar-refractivity contribution in [1.82, 2.24) is 14.8 Å². The lowest BCUT2D eigenvalue weighted by Gasteiger charge is -2.41. The fourth-order valence-electron chi connectivity index (χ4n) is 5.23. The Morgan fingerprint density at radius 1 is 0.857 bits per heavy atom. The number of H-pyrrole nitrogens is 1. The van der Waals surface area contributed by atoms with Crippen LogP contribution in [0.3, 0.4) is 0 Å². The van der Waals surface area contributed by atoms with Crippen LogP contribution in [-0.2, 0) is 18.8 Å². The van der Waals surface area contributed by atoms with Gasteiger partial charge < -0.3 is 9.88 Å². The SMILES string of the molecule is O=C(CN1CCN(C(=O)c2cc(C(F)(F)F)cc(C(F)(F)F)c2)C(Cc2c[nH]c3ccccc23)C1)c1ccc(Cl)cc1. The Kier molecular flexibility index (Phi) is 8.08. The van der Waals surface area contributed by atoms with E-state index in [4.69, 9.17) is 11.6 Å². The summed E-state index contributed by atoms with van der Waals surface area (Å²) < 4.78 is 81.1. The summed E-state index contributed by atoms with van der Waals surface area (Å²) in [5, 5.41) is 1.35. The average Bonchev–Trinajstić information content (AvgIpc) is 3.34. The number of halogens is 7. The van der Waals surface area contributed by atoms with Crippen LogP contribution in [0.4, 0.5) is 26.3 Å². The molecule has 0 spiro atoms. The molecule has 220 valence electrons. The molecule has 0 bridgehead atoms. The lowest BCUT2D eigenvalue weighted by molar-refractivity contribution is -0.143. The minimum absolute atomic E-state index is 0.000512. The van der Waals surface area contributed by atoms with Crippen LogP contribution >= 0.6 is 11.6 Å². The van der Waals surface area contributed by atoms with Gasteiger partial charge in [0.1, 0.15) is 0 Å². The molecule has 5 nitrogen and oxygen atoms in total. The molecule has 1 unspecified atom stereocenters. The molecule has 2 heterocycles. The number of piperazine rings is 1. The molecule has 42 heavy (non-hydrogen) atoms. The number of alkyl halides is 6. The summed E-state index contributed by atoms with van der Waals surface area (Å²) in [6.07, 6.45) is -8.15. The number of hydrogen-bond donors (Lipinski definition) is 1. The summed E-state index contributed by atoms with van der Waals surface area (Å²) in [6, 6.07) is 14.1. The molecule has 1 amide bonds. The van der Waals surface area contributed by atoms with Crippen LogP contribution in [0, 0.1) is 0 Å². The number of ketones is 1. The molecule has 1 saturated heterocycles. The summed E-state index contributed by atoms with van der Waals surface area (Å²) in [6.45, 7) is 0.378. The number of Topliss-reactive ketones (excluding diaryl/α,β-unsaturated/α-hetero) is 1. The van der Waals surface area contributed by atoms with Crippen LogP contribution in [0.2, 0.25) is 5.02 Å². The number of carbonyl (C=O) groups excluding carboxylic acids is 2. The van der Waals surface area contributed by atoms with Crippen LogP contribution in [-0.4, -0.2) is 58.7 Å². The number of hydrogen-bond acceptors (Lipinski definition) is 3. The number of para-hydroxylation sites is 1. The molecule has 1 fully saturated rings. The number of carbonyl (C=O) groups is 2. The number of aromatic nitrogens is 1. The van der Waals surface area contributed by atoms with Crippen LogP contribution in [0.15, 0.2) is 72.9 Å². The van der Waals surface area contributed by atoms with Gasteiger partial charge in [-0.15, -0.1) is 0 Å². The van der Waals surface area contributed by atoms with Crippen LogP contribution in [0.25, 0.3) is 10.9 Å². The third-order valence-corrected chi connectivity index (χ3v) is 7.58. The van der Waals surface area contributed by atoms with Gasteiger partial charge in [-0.05, 0) is 60.5 Å². The Morgan fingerprint density at radius 2 is 1.50 bits per heavy atom. The molecule has 0 radical (unpaired) electrons. The predicted octanol–water partition coefficient (Wildman–Crippen LogP) is 7.11. The summed E-state index contributed by atoms with van der Waals surface area (Å²) in [5.74, 6) is -1.13. The van der Waals surface area contributed by atoms with Gasteiger partial charge in [-0.25, -0.2) is 0 Å². The Labute approximate surface area is 241 Å². The number of fused-ring (bicyclic) bond motifs is 1. The van der Waals surface area contributed by atoms with Crippen molar-refractivity contribution in [1.29, 1.82) is 0 Å². The second-order valence-electron chi connectivity index (χ2n) is 10.2. The first-order chi connectivity index (χ1) is 19.8. The summed E-state index contributed by atoms with van der Waals surface area (Å²) in [7, 11) is 0. The van der Waals surface area contributed by atoms with Crippen molar-refractivity contribution in [3.8, 4) is 0 Å². The highest BCUT2D eigenvalue weighted by Crippen LogP contribution is 2.37. The minimum Gasteiger partial charge on any atom is -0.361 e. The number of rotatable bonds is 6. The monoisotopic (exact) mass is 607 g/mol. The van der Waals surface area contributed by atoms with Crippen molar-refractivity contribution in [3.63, 3.8) is 0 Å². The number of nitrogens with zero attached hydrogens (tertiary/aromatic N) is 2. The molecule has 4 aromatic rings. The van der Waals surface area contributed by atoms with Crippen molar-refractivity contribution < 1.29 is 35.9 Å². The Morgan fingerprint density at radius 3 is 2.14 bits per heavy atom. The van der Waals surface area contributed by atoms with Gasteiger partial charge in [-0.3, -0.25) is 14.5 Å². The predicted molar refractivity (Wildman–Crippen MR) is 145 cm³/mol. The van der Waals surface area contributed by atoms with Gasteiger partial charge >= 0.3 is 12.4 Å². The average molecular weight is 608 g/mol. The van der Waals surface area contributed by atoms with Gasteiger partial charge in [0.15, 0.2) is 5.78 Å². The third-order valence-electron chi connectivity index (χ3n) is 7.33. The topological polar surface area (TPSA) is 56.4 Å². The number of nitrogens with one attached hydrogen (secondary N) is 1. The zero-order valence-electron chi connectivity index (χ0n) is 21.9. The number of amides is 1. The van der Waals surface area contributed by atoms with Crippen molar-refractivity contribution >= 4 is 34.2 Å². The standard InChI is InChI=1S/C30H24ClF6N3O2/c31-23-7-5-18(6-8-23)27(41)17-39-9-10-40(24(16-39)13-20-15-38-26-4-2-1-3-25(20)26)28(42)19-11-21(29(32,33)34)14-22(12-19)30(35,36)37/h1-8,11-12,14-15,24,38H,9-10,13,16-17H2. The molecule has 1 aliphatic rings. The van der Waals surface area contributed by atoms with E-state index in [-0.39, 0.29) is 44.4 Å². The lowest BCUT2D eigenvalue weighted by Crippen LogP contribution is -2.56. The van der Waals surface area contributed by atoms with Crippen LogP contribution in [0.5, 0.6) is 0 Å². The fourth-order valence-corrected chi connectivity index (χ4v) is 5.36. The summed E-state index contributed by atoms with van der Waals surface area (Å²) in [5.41, 5.74) is -1.72. The zero-order valence-corrected chi connectivity index (χ0v) is 22.7. The number of benzene rings is 3. The largest absolute Gasteiger partial charge is 0.416 e. The van der Waals surface area contributed by atoms with Crippen molar-refractivity contribution in [3.05, 3.63) is 106 Å². The maximum absolute atomic E-state index is 13.6. The van der Waals surface area contributed by atoms with Crippen LogP contribution < -0.4 is 0 Å². The molecule has 12 heteroatoms. The van der Waals surface area contributed by atoms with Crippen LogP contribution in [0.1, 0.15) is 37.4 Å². The van der Waals surface area contributed by atoms with Crippen molar-refractivity contribution in [2.45, 2.75) is 24.8 Å². The van der Waals surface area contributed by atoms with Gasteiger partial charge in [0.25, 0.3) is 5.91 Å². The van der Waals surface area contributed by atoms with E-state index in [0.717, 1.165) is 16.5 Å². The summed E-state index contributed by atoms with van der Waals surface area (Å²) in [4.78, 5) is 32.8. The third kappa shape index (κ3) is 6.47. The highest BCUT2D eigenvalue weighted by atomic mass is 35.5. The lowest BCUT2D eigenvalue weighted by atomic mass is 9.98. The van der Waals surface area contributed by atoms with Crippen molar-refractivity contribution in [2.75, 3.05) is 26.2 Å². The molecular weight excluding hydrogens is 584 g/mol. The first-order valence-electron chi connectivity index (χ1n) is 13.0. The second kappa shape index (κ2) is 11.4. The van der Waals surface area contributed by atoms with E-state index in [0.29, 0.717) is 22.7 Å². The maximum atomic E-state index is 13.6. The van der Waals surface area contributed by atoms with E-state index < -0.39 is 41.0 Å². The van der Waals surface area contributed by atoms with Gasteiger partial charge in [0.05, 0.1) is 17.7 Å². The molecular formula is C30H24ClF6N3O2. The second-order valence-corrected chi connectivity index (χ2v) is 10.6. The van der Waals surface area contributed by atoms with Crippen molar-refractivity contribution in [2.24, 2.45) is 0 Å². The van der Waals surface area contributed by atoms with Gasteiger partial charge in [-0.1, -0.05) is 29.8 Å². The Balaban J connectivity index is 1.46. The van der Waals surface area contributed by atoms with E-state index in [1.54, 1.807) is 30.5 Å². The van der Waals surface area contributed by atoms with E-state index in [2.05, 4.69) is 4.98 Å². The van der Waals surface area contributed by atoms with Gasteiger partial charge in [-0.2, -0.15) is 26.3 Å². The molecule has 1 aromatic heterocycles. The number of aromatic amines is 1. The molecule has 3 aromatic carbocycles.